The van der Waals surface area contributed by atoms with Crippen LogP contribution in [0.2, 0.25) is 0 Å². The zero-order valence-corrected chi connectivity index (χ0v) is 17.6. The molecule has 164 valence electrons. The van der Waals surface area contributed by atoms with Gasteiger partial charge in [-0.05, 0) is 32.4 Å². The highest BCUT2D eigenvalue weighted by Crippen LogP contribution is 2.31. The molecule has 0 radical (unpaired) electrons. The minimum atomic E-state index is -1.14. The first-order valence-corrected chi connectivity index (χ1v) is 9.66. The minimum Gasteiger partial charge on any atom is -0.477 e. The number of carboxylic acids is 1. The number of carboxylic acid groups (broad SMARTS) is 1. The van der Waals surface area contributed by atoms with Gasteiger partial charge in [0.1, 0.15) is 13.3 Å². The van der Waals surface area contributed by atoms with E-state index in [-0.39, 0.29) is 37.5 Å². The monoisotopic (exact) mass is 423 g/mol. The van der Waals surface area contributed by atoms with Crippen LogP contribution in [0.1, 0.15) is 47.2 Å². The minimum absolute atomic E-state index is 0.000621. The SMILES string of the molecule is CC1=C(OCCF)N(C)CC(C(C)N2Cc3c(ccnc3C(=O)O)C2=O)=C1.CCF. The molecule has 0 saturated carbocycles. The van der Waals surface area contributed by atoms with Crippen molar-refractivity contribution >= 4 is 11.9 Å². The summed E-state index contributed by atoms with van der Waals surface area (Å²) in [4.78, 5) is 31.6. The number of carbonyl (C=O) groups is 2. The summed E-state index contributed by atoms with van der Waals surface area (Å²) in [7, 11) is 1.85. The predicted molar refractivity (Wildman–Crippen MR) is 108 cm³/mol. The van der Waals surface area contributed by atoms with Crippen LogP contribution in [0.25, 0.3) is 0 Å². The normalized spacial score (nSPS) is 16.6. The number of carbonyl (C=O) groups excluding carboxylic acids is 1. The van der Waals surface area contributed by atoms with Gasteiger partial charge in [0.05, 0.1) is 12.7 Å². The number of amides is 1. The van der Waals surface area contributed by atoms with Crippen molar-refractivity contribution in [2.45, 2.75) is 33.4 Å². The molecule has 1 atom stereocenters. The van der Waals surface area contributed by atoms with Crippen LogP contribution in [0.3, 0.4) is 0 Å². The number of hydrogen-bond donors (Lipinski definition) is 1. The summed E-state index contributed by atoms with van der Waals surface area (Å²) >= 11 is 0. The molecular formula is C21H27F2N3O4. The lowest BCUT2D eigenvalue weighted by Gasteiger charge is -2.34. The van der Waals surface area contributed by atoms with Gasteiger partial charge in [0.2, 0.25) is 0 Å². The second-order valence-corrected chi connectivity index (χ2v) is 6.97. The Bertz CT molecular complexity index is 870. The summed E-state index contributed by atoms with van der Waals surface area (Å²) in [6.45, 7) is 5.18. The zero-order chi connectivity index (χ0) is 22.4. The van der Waals surface area contributed by atoms with Crippen LogP contribution in [0.5, 0.6) is 0 Å². The topological polar surface area (TPSA) is 83.0 Å². The molecule has 0 fully saturated rings. The van der Waals surface area contributed by atoms with Gasteiger partial charge in [0.15, 0.2) is 11.6 Å². The number of likely N-dealkylation sites (N-methyl/N-ethyl adjacent to an activating group) is 1. The largest absolute Gasteiger partial charge is 0.477 e. The molecule has 3 rings (SSSR count). The number of rotatable bonds is 6. The Labute approximate surface area is 174 Å². The van der Waals surface area contributed by atoms with Gasteiger partial charge in [-0.3, -0.25) is 9.18 Å². The quantitative estimate of drug-likeness (QED) is 0.757. The van der Waals surface area contributed by atoms with E-state index >= 15 is 0 Å². The molecule has 9 heteroatoms. The van der Waals surface area contributed by atoms with E-state index in [2.05, 4.69) is 4.98 Å². The molecule has 1 aromatic rings. The van der Waals surface area contributed by atoms with E-state index in [1.807, 2.05) is 31.9 Å². The average molecular weight is 423 g/mol. The van der Waals surface area contributed by atoms with Crippen molar-refractivity contribution < 1.29 is 28.2 Å². The van der Waals surface area contributed by atoms with E-state index in [1.54, 1.807) is 11.0 Å². The Kier molecular flexibility index (Phi) is 7.91. The summed E-state index contributed by atoms with van der Waals surface area (Å²) in [6.07, 6.45) is 3.30. The first kappa shape index (κ1) is 23.3. The highest BCUT2D eigenvalue weighted by Gasteiger charge is 2.36. The van der Waals surface area contributed by atoms with Crippen molar-refractivity contribution in [3.8, 4) is 0 Å². The number of ether oxygens (including phenoxy) is 1. The molecule has 2 aliphatic rings. The van der Waals surface area contributed by atoms with Gasteiger partial charge in [0.25, 0.3) is 5.91 Å². The van der Waals surface area contributed by atoms with Gasteiger partial charge in [0, 0.05) is 43.0 Å². The lowest BCUT2D eigenvalue weighted by molar-refractivity contribution is 0.0681. The number of fused-ring (bicyclic) bond motifs is 1. The molecular weight excluding hydrogens is 396 g/mol. The van der Waals surface area contributed by atoms with Crippen LogP contribution < -0.4 is 0 Å². The van der Waals surface area contributed by atoms with E-state index in [0.29, 0.717) is 23.6 Å². The first-order valence-electron chi connectivity index (χ1n) is 9.66. The van der Waals surface area contributed by atoms with E-state index in [4.69, 9.17) is 4.74 Å². The van der Waals surface area contributed by atoms with Crippen LogP contribution in [-0.2, 0) is 11.3 Å². The Morgan fingerprint density at radius 1 is 1.37 bits per heavy atom. The van der Waals surface area contributed by atoms with Crippen LogP contribution >= 0.6 is 0 Å². The zero-order valence-electron chi connectivity index (χ0n) is 17.6. The molecule has 1 aromatic heterocycles. The van der Waals surface area contributed by atoms with E-state index in [0.717, 1.165) is 11.1 Å². The van der Waals surface area contributed by atoms with Crippen molar-refractivity contribution in [1.82, 2.24) is 14.8 Å². The number of aromatic nitrogens is 1. The third kappa shape index (κ3) is 4.77. The third-order valence-electron chi connectivity index (χ3n) is 4.90. The predicted octanol–water partition coefficient (Wildman–Crippen LogP) is 3.19. The molecule has 7 nitrogen and oxygen atoms in total. The van der Waals surface area contributed by atoms with Gasteiger partial charge in [-0.1, -0.05) is 6.08 Å². The Hall–Kier alpha value is -2.97. The molecule has 30 heavy (non-hydrogen) atoms. The van der Waals surface area contributed by atoms with Gasteiger partial charge in [-0.2, -0.15) is 0 Å². The van der Waals surface area contributed by atoms with Crippen molar-refractivity contribution in [3.05, 3.63) is 52.2 Å². The van der Waals surface area contributed by atoms with Crippen LogP contribution in [0.15, 0.2) is 35.4 Å². The number of pyridine rings is 1. The number of halogens is 2. The van der Waals surface area contributed by atoms with Gasteiger partial charge in [-0.25, -0.2) is 14.2 Å². The Morgan fingerprint density at radius 3 is 2.60 bits per heavy atom. The maximum absolute atomic E-state index is 12.8. The molecule has 0 aliphatic carbocycles. The fourth-order valence-corrected chi connectivity index (χ4v) is 3.59. The van der Waals surface area contributed by atoms with Crippen molar-refractivity contribution in [1.29, 1.82) is 0 Å². The molecule has 2 aliphatic heterocycles. The first-order chi connectivity index (χ1) is 14.3. The highest BCUT2D eigenvalue weighted by atomic mass is 19.1. The summed E-state index contributed by atoms with van der Waals surface area (Å²) < 4.78 is 28.1. The van der Waals surface area contributed by atoms with Crippen molar-refractivity contribution in [2.24, 2.45) is 0 Å². The molecule has 0 bridgehead atoms. The number of aromatic carboxylic acids is 1. The number of allylic oxidation sites excluding steroid dienone is 2. The lowest BCUT2D eigenvalue weighted by atomic mass is 10.0. The summed E-state index contributed by atoms with van der Waals surface area (Å²) in [5, 5.41) is 9.32. The third-order valence-corrected chi connectivity index (χ3v) is 4.90. The fraction of sp³-hybridized carbons (Fsp3) is 0.476. The average Bonchev–Trinajstić information content (AvgIpc) is 3.04. The second-order valence-electron chi connectivity index (χ2n) is 6.97. The summed E-state index contributed by atoms with van der Waals surface area (Å²) in [6, 6.07) is 1.33. The molecule has 1 unspecified atom stereocenters. The maximum atomic E-state index is 12.8. The summed E-state index contributed by atoms with van der Waals surface area (Å²) in [5.41, 5.74) is 2.61. The molecule has 1 N–H and O–H groups in total. The van der Waals surface area contributed by atoms with Crippen molar-refractivity contribution in [2.75, 3.05) is 33.5 Å². The molecule has 0 spiro atoms. The van der Waals surface area contributed by atoms with Crippen molar-refractivity contribution in [3.63, 3.8) is 0 Å². The van der Waals surface area contributed by atoms with E-state index in [1.165, 1.54) is 13.1 Å². The Morgan fingerprint density at radius 2 is 2.03 bits per heavy atom. The van der Waals surface area contributed by atoms with E-state index < -0.39 is 12.6 Å². The van der Waals surface area contributed by atoms with Crippen LogP contribution in [0.4, 0.5) is 8.78 Å². The molecule has 1 amide bonds. The molecule has 3 heterocycles. The van der Waals surface area contributed by atoms with Gasteiger partial charge >= 0.3 is 5.97 Å². The number of alkyl halides is 2. The Balaban J connectivity index is 0.00000101. The second kappa shape index (κ2) is 10.2. The highest BCUT2D eigenvalue weighted by molar-refractivity contribution is 6.02. The number of nitrogens with zero attached hydrogens (tertiary/aromatic N) is 3. The van der Waals surface area contributed by atoms with E-state index in [9.17, 15) is 23.5 Å². The van der Waals surface area contributed by atoms with Gasteiger partial charge in [-0.15, -0.1) is 0 Å². The standard InChI is InChI=1S/C19H22FN3O4.C2H5F/c1-11-8-13(9-22(3)18(11)27-7-5-20)12(2)23-10-15-14(17(23)24)4-6-21-16(15)19(25)26;1-2-3/h4,6,8,12H,5,7,9-10H2,1-3H3,(H,25,26);2H2,1H3. The molecule has 0 aromatic carbocycles. The summed E-state index contributed by atoms with van der Waals surface area (Å²) in [5.74, 6) is -0.719. The fourth-order valence-electron chi connectivity index (χ4n) is 3.59. The number of hydrogen-bond acceptors (Lipinski definition) is 5. The van der Waals surface area contributed by atoms with Crippen LogP contribution in [0, 0.1) is 0 Å². The van der Waals surface area contributed by atoms with Crippen LogP contribution in [-0.4, -0.2) is 71.4 Å². The molecule has 0 saturated heterocycles. The van der Waals surface area contributed by atoms with Gasteiger partial charge < -0.3 is 19.6 Å². The lowest BCUT2D eigenvalue weighted by Crippen LogP contribution is -2.39. The maximum Gasteiger partial charge on any atom is 0.354 e. The smallest absolute Gasteiger partial charge is 0.354 e.